The molecular weight excluding hydrogens is 408 g/mol. The Labute approximate surface area is 175 Å². The minimum Gasteiger partial charge on any atom is -0.480 e. The van der Waals surface area contributed by atoms with Crippen molar-refractivity contribution in [1.29, 1.82) is 0 Å². The van der Waals surface area contributed by atoms with E-state index < -0.39 is 28.1 Å². The van der Waals surface area contributed by atoms with Gasteiger partial charge < -0.3 is 15.2 Å². The minimum absolute atomic E-state index is 0.0715. The van der Waals surface area contributed by atoms with Gasteiger partial charge in [-0.2, -0.15) is 0 Å². The number of hydrogen-bond acceptors (Lipinski definition) is 5. The zero-order valence-corrected chi connectivity index (χ0v) is 17.3. The van der Waals surface area contributed by atoms with Crippen LogP contribution in [0, 0.1) is 0 Å². The van der Waals surface area contributed by atoms with Crippen molar-refractivity contribution in [3.63, 3.8) is 0 Å². The summed E-state index contributed by atoms with van der Waals surface area (Å²) in [7, 11) is -3.34. The van der Waals surface area contributed by atoms with Gasteiger partial charge in [-0.05, 0) is 35.1 Å². The van der Waals surface area contributed by atoms with E-state index in [0.29, 0.717) is 0 Å². The van der Waals surface area contributed by atoms with Gasteiger partial charge in [-0.1, -0.05) is 48.5 Å². The normalized spacial score (nSPS) is 13.9. The highest BCUT2D eigenvalue weighted by atomic mass is 32.2. The largest absolute Gasteiger partial charge is 0.480 e. The van der Waals surface area contributed by atoms with E-state index in [2.05, 4.69) is 10.0 Å². The molecule has 0 spiro atoms. The Hall–Kier alpha value is -2.91. The first-order chi connectivity index (χ1) is 14.3. The predicted octanol–water partition coefficient (Wildman–Crippen LogP) is 2.31. The Bertz CT molecular complexity index is 992. The highest BCUT2D eigenvalue weighted by molar-refractivity contribution is 7.88. The molecule has 3 N–H and O–H groups in total. The molecular formula is C21H24N2O6S. The number of carbonyl (C=O) groups is 2. The van der Waals surface area contributed by atoms with Gasteiger partial charge in [0.05, 0.1) is 6.26 Å². The van der Waals surface area contributed by atoms with Crippen LogP contribution in [0.5, 0.6) is 0 Å². The fourth-order valence-corrected chi connectivity index (χ4v) is 4.12. The maximum atomic E-state index is 12.2. The van der Waals surface area contributed by atoms with Gasteiger partial charge in [-0.15, -0.1) is 0 Å². The van der Waals surface area contributed by atoms with Gasteiger partial charge in [-0.25, -0.2) is 22.7 Å². The molecule has 8 nitrogen and oxygen atoms in total. The molecule has 0 radical (unpaired) electrons. The lowest BCUT2D eigenvalue weighted by atomic mass is 9.98. The number of ether oxygens (including phenoxy) is 1. The number of rotatable bonds is 9. The Kier molecular flexibility index (Phi) is 6.73. The molecule has 2 aromatic rings. The number of benzene rings is 2. The van der Waals surface area contributed by atoms with Crippen LogP contribution < -0.4 is 10.0 Å². The third kappa shape index (κ3) is 5.37. The maximum Gasteiger partial charge on any atom is 0.407 e. The van der Waals surface area contributed by atoms with E-state index in [9.17, 15) is 23.1 Å². The van der Waals surface area contributed by atoms with Crippen LogP contribution in [0.2, 0.25) is 0 Å². The molecule has 3 rings (SSSR count). The topological polar surface area (TPSA) is 122 Å². The second-order valence-electron chi connectivity index (χ2n) is 7.17. The first-order valence-electron chi connectivity index (χ1n) is 9.55. The summed E-state index contributed by atoms with van der Waals surface area (Å²) < 4.78 is 29.8. The van der Waals surface area contributed by atoms with Crippen molar-refractivity contribution >= 4 is 22.1 Å². The molecule has 1 aliphatic rings. The minimum atomic E-state index is -3.34. The number of amides is 1. The van der Waals surface area contributed by atoms with E-state index in [1.807, 2.05) is 48.5 Å². The summed E-state index contributed by atoms with van der Waals surface area (Å²) in [6.07, 6.45) is 0.534. The molecule has 1 atom stereocenters. The van der Waals surface area contributed by atoms with E-state index in [-0.39, 0.29) is 31.9 Å². The number of aliphatic carboxylic acids is 1. The standard InChI is InChI=1S/C21H24N2O6S/c1-30(27,28)22-12-6-11-19(20(24)25)23-21(26)29-13-18-16-9-4-2-7-14(16)15-8-3-5-10-17(15)18/h2-5,7-10,18-19,22H,6,11-13H2,1H3,(H,23,26)(H,24,25). The molecule has 30 heavy (non-hydrogen) atoms. The van der Waals surface area contributed by atoms with Crippen LogP contribution in [0.15, 0.2) is 48.5 Å². The number of nitrogens with one attached hydrogen (secondary N) is 2. The number of hydrogen-bond donors (Lipinski definition) is 3. The molecule has 0 aliphatic heterocycles. The van der Waals surface area contributed by atoms with Crippen molar-refractivity contribution in [2.75, 3.05) is 19.4 Å². The van der Waals surface area contributed by atoms with Gasteiger partial charge in [-0.3, -0.25) is 0 Å². The fourth-order valence-electron chi connectivity index (χ4n) is 3.60. The summed E-state index contributed by atoms with van der Waals surface area (Å²) >= 11 is 0. The number of alkyl carbamates (subject to hydrolysis) is 1. The number of sulfonamides is 1. The lowest BCUT2D eigenvalue weighted by Gasteiger charge is -2.17. The molecule has 0 aromatic heterocycles. The molecule has 9 heteroatoms. The molecule has 0 heterocycles. The van der Waals surface area contributed by atoms with Gasteiger partial charge in [0, 0.05) is 12.5 Å². The van der Waals surface area contributed by atoms with Crippen molar-refractivity contribution in [3.8, 4) is 11.1 Å². The van der Waals surface area contributed by atoms with Gasteiger partial charge in [0.2, 0.25) is 10.0 Å². The number of fused-ring (bicyclic) bond motifs is 3. The quantitative estimate of drug-likeness (QED) is 0.523. The van der Waals surface area contributed by atoms with Crippen LogP contribution in [0.4, 0.5) is 4.79 Å². The number of carbonyl (C=O) groups excluding carboxylic acids is 1. The molecule has 0 fully saturated rings. The van der Waals surface area contributed by atoms with Crippen molar-refractivity contribution in [2.45, 2.75) is 24.8 Å². The Morgan fingerprint density at radius 2 is 1.63 bits per heavy atom. The van der Waals surface area contributed by atoms with Crippen molar-refractivity contribution < 1.29 is 27.9 Å². The molecule has 1 aliphatic carbocycles. The van der Waals surface area contributed by atoms with Crippen LogP contribution in [-0.4, -0.2) is 51.0 Å². The van der Waals surface area contributed by atoms with Crippen molar-refractivity contribution in [2.24, 2.45) is 0 Å². The first-order valence-corrected chi connectivity index (χ1v) is 11.4. The van der Waals surface area contributed by atoms with Gasteiger partial charge in [0.15, 0.2) is 0 Å². The molecule has 160 valence electrons. The molecule has 1 unspecified atom stereocenters. The maximum absolute atomic E-state index is 12.2. The van der Waals surface area contributed by atoms with Gasteiger partial charge in [0.1, 0.15) is 12.6 Å². The Balaban J connectivity index is 1.57. The third-order valence-electron chi connectivity index (χ3n) is 4.97. The summed E-state index contributed by atoms with van der Waals surface area (Å²) in [5.41, 5.74) is 4.33. The molecule has 1 amide bonds. The summed E-state index contributed by atoms with van der Waals surface area (Å²) in [5.74, 6) is -1.33. The third-order valence-corrected chi connectivity index (χ3v) is 5.70. The summed E-state index contributed by atoms with van der Waals surface area (Å²) in [4.78, 5) is 23.6. The van der Waals surface area contributed by atoms with E-state index in [0.717, 1.165) is 28.5 Å². The smallest absolute Gasteiger partial charge is 0.407 e. The lowest BCUT2D eigenvalue weighted by molar-refractivity contribution is -0.139. The van der Waals surface area contributed by atoms with Crippen molar-refractivity contribution in [1.82, 2.24) is 10.0 Å². The highest BCUT2D eigenvalue weighted by Crippen LogP contribution is 2.44. The van der Waals surface area contributed by atoms with Crippen LogP contribution in [0.1, 0.15) is 29.9 Å². The average molecular weight is 432 g/mol. The number of carboxylic acids is 1. The van der Waals surface area contributed by atoms with Gasteiger partial charge >= 0.3 is 12.1 Å². The van der Waals surface area contributed by atoms with E-state index in [4.69, 9.17) is 4.74 Å². The van der Waals surface area contributed by atoms with E-state index >= 15 is 0 Å². The number of carboxylic acid groups (broad SMARTS) is 1. The monoisotopic (exact) mass is 432 g/mol. The molecule has 0 saturated carbocycles. The van der Waals surface area contributed by atoms with Crippen LogP contribution in [0.25, 0.3) is 11.1 Å². The zero-order valence-electron chi connectivity index (χ0n) is 16.5. The van der Waals surface area contributed by atoms with Gasteiger partial charge in [0.25, 0.3) is 0 Å². The molecule has 2 aromatic carbocycles. The Morgan fingerprint density at radius 1 is 1.07 bits per heavy atom. The van der Waals surface area contributed by atoms with Crippen LogP contribution in [0.3, 0.4) is 0 Å². The average Bonchev–Trinajstić information content (AvgIpc) is 3.01. The van der Waals surface area contributed by atoms with Crippen LogP contribution >= 0.6 is 0 Å². The molecule has 0 saturated heterocycles. The summed E-state index contributed by atoms with van der Waals surface area (Å²) in [5, 5.41) is 11.7. The fraction of sp³-hybridized carbons (Fsp3) is 0.333. The summed E-state index contributed by atoms with van der Waals surface area (Å²) in [6.45, 7) is 0.177. The molecule has 0 bridgehead atoms. The first kappa shape index (κ1) is 21.8. The Morgan fingerprint density at radius 3 is 2.17 bits per heavy atom. The van der Waals surface area contributed by atoms with E-state index in [1.54, 1.807) is 0 Å². The lowest BCUT2D eigenvalue weighted by Crippen LogP contribution is -2.42. The summed E-state index contributed by atoms with van der Waals surface area (Å²) in [6, 6.07) is 14.7. The predicted molar refractivity (Wildman–Crippen MR) is 112 cm³/mol. The zero-order chi connectivity index (χ0) is 21.7. The second kappa shape index (κ2) is 9.27. The highest BCUT2D eigenvalue weighted by Gasteiger charge is 2.29. The van der Waals surface area contributed by atoms with Crippen molar-refractivity contribution in [3.05, 3.63) is 59.7 Å². The SMILES string of the molecule is CS(=O)(=O)NCCCC(NC(=O)OCC1c2ccccc2-c2ccccc21)C(=O)O. The second-order valence-corrected chi connectivity index (χ2v) is 9.00. The van der Waals surface area contributed by atoms with E-state index in [1.165, 1.54) is 0 Å². The van der Waals surface area contributed by atoms with Crippen LogP contribution in [-0.2, 0) is 19.6 Å².